The molecule has 5 nitrogen and oxygen atoms in total. The van der Waals surface area contributed by atoms with Gasteiger partial charge in [-0.1, -0.05) is 29.8 Å². The van der Waals surface area contributed by atoms with Crippen molar-refractivity contribution in [3.05, 3.63) is 28.7 Å². The van der Waals surface area contributed by atoms with E-state index >= 15 is 0 Å². The Balaban J connectivity index is 1.94. The second kappa shape index (κ2) is 8.45. The third-order valence-electron chi connectivity index (χ3n) is 4.61. The van der Waals surface area contributed by atoms with E-state index < -0.39 is 10.0 Å². The summed E-state index contributed by atoms with van der Waals surface area (Å²) >= 11 is 3.31. The summed E-state index contributed by atoms with van der Waals surface area (Å²) in [5, 5.41) is 3.07. The summed E-state index contributed by atoms with van der Waals surface area (Å²) in [4.78, 5) is 12.5. The van der Waals surface area contributed by atoms with Gasteiger partial charge in [-0.15, -0.1) is 0 Å². The second-order valence-electron chi connectivity index (χ2n) is 6.15. The minimum atomic E-state index is -3.46. The fraction of sp³-hybridized carbons (Fsp3) is 0.588. The number of rotatable bonds is 6. The number of amides is 1. The molecule has 0 saturated carbocycles. The third-order valence-corrected chi connectivity index (χ3v) is 7.05. The first-order valence-corrected chi connectivity index (χ1v) is 10.7. The molecule has 1 heterocycles. The number of halogens is 1. The van der Waals surface area contributed by atoms with Crippen LogP contribution in [-0.2, 0) is 14.8 Å². The fourth-order valence-corrected chi connectivity index (χ4v) is 4.71. The van der Waals surface area contributed by atoms with E-state index in [1.165, 1.54) is 4.31 Å². The van der Waals surface area contributed by atoms with Gasteiger partial charge >= 0.3 is 0 Å². The van der Waals surface area contributed by atoms with Gasteiger partial charge in [0, 0.05) is 29.5 Å². The number of carbonyl (C=O) groups is 1. The normalized spacial score (nSPS) is 17.2. The van der Waals surface area contributed by atoms with E-state index in [0.717, 1.165) is 17.3 Å². The molecule has 0 radical (unpaired) electrons. The summed E-state index contributed by atoms with van der Waals surface area (Å²) in [6, 6.07) is 6.75. The van der Waals surface area contributed by atoms with Gasteiger partial charge in [-0.05, 0) is 49.9 Å². The maximum Gasteiger partial charge on any atom is 0.243 e. The van der Waals surface area contributed by atoms with Crippen LogP contribution in [0.25, 0.3) is 0 Å². The van der Waals surface area contributed by atoms with Crippen molar-refractivity contribution in [3.63, 3.8) is 0 Å². The van der Waals surface area contributed by atoms with Crippen molar-refractivity contribution in [3.8, 4) is 0 Å². The van der Waals surface area contributed by atoms with Crippen LogP contribution in [0.3, 0.4) is 0 Å². The molecule has 2 rings (SSSR count). The maximum absolute atomic E-state index is 12.7. The number of hydrogen-bond donors (Lipinski definition) is 1. The van der Waals surface area contributed by atoms with Crippen LogP contribution < -0.4 is 5.32 Å². The summed E-state index contributed by atoms with van der Waals surface area (Å²) < 4.78 is 27.7. The van der Waals surface area contributed by atoms with Gasteiger partial charge in [0.2, 0.25) is 15.9 Å². The smallest absolute Gasteiger partial charge is 0.243 e. The average Bonchev–Trinajstić information content (AvgIpc) is 2.57. The van der Waals surface area contributed by atoms with Gasteiger partial charge in [-0.25, -0.2) is 8.42 Å². The Morgan fingerprint density at radius 2 is 1.75 bits per heavy atom. The van der Waals surface area contributed by atoms with Crippen molar-refractivity contribution >= 4 is 31.9 Å². The molecule has 1 saturated heterocycles. The van der Waals surface area contributed by atoms with Gasteiger partial charge in [0.25, 0.3) is 0 Å². The Labute approximate surface area is 153 Å². The molecule has 1 aliphatic heterocycles. The number of carbonyl (C=O) groups excluding carboxylic acids is 1. The van der Waals surface area contributed by atoms with Gasteiger partial charge in [0.1, 0.15) is 0 Å². The Bertz CT molecular complexity index is 649. The summed E-state index contributed by atoms with van der Waals surface area (Å²) in [7, 11) is -3.46. The zero-order valence-corrected chi connectivity index (χ0v) is 16.6. The van der Waals surface area contributed by atoms with Crippen molar-refractivity contribution in [2.45, 2.75) is 50.5 Å². The molecule has 0 atom stereocenters. The molecule has 134 valence electrons. The van der Waals surface area contributed by atoms with E-state index in [4.69, 9.17) is 0 Å². The molecular weight excluding hydrogens is 392 g/mol. The number of benzene rings is 1. The molecule has 1 N–H and O–H groups in total. The highest BCUT2D eigenvalue weighted by Crippen LogP contribution is 2.22. The van der Waals surface area contributed by atoms with E-state index in [-0.39, 0.29) is 17.9 Å². The molecule has 0 spiro atoms. The Morgan fingerprint density at radius 1 is 1.21 bits per heavy atom. The van der Waals surface area contributed by atoms with E-state index in [9.17, 15) is 13.2 Å². The molecule has 0 aromatic heterocycles. The summed E-state index contributed by atoms with van der Waals surface area (Å²) in [5.74, 6) is 0.142. The Kier molecular flexibility index (Phi) is 6.83. The van der Waals surface area contributed by atoms with Crippen molar-refractivity contribution in [1.82, 2.24) is 9.62 Å². The molecule has 0 aliphatic carbocycles. The predicted octanol–water partition coefficient (Wildman–Crippen LogP) is 3.15. The summed E-state index contributed by atoms with van der Waals surface area (Å²) in [5.41, 5.74) is 0. The lowest BCUT2D eigenvalue weighted by Gasteiger charge is -2.32. The van der Waals surface area contributed by atoms with Crippen LogP contribution in [0.1, 0.15) is 39.5 Å². The van der Waals surface area contributed by atoms with E-state index in [2.05, 4.69) is 21.2 Å². The lowest BCUT2D eigenvalue weighted by atomic mass is 10.0. The van der Waals surface area contributed by atoms with Gasteiger partial charge in [0.15, 0.2) is 0 Å². The summed E-state index contributed by atoms with van der Waals surface area (Å²) in [6.45, 7) is 4.90. The maximum atomic E-state index is 12.7. The van der Waals surface area contributed by atoms with Gasteiger partial charge < -0.3 is 5.32 Å². The number of hydrogen-bond acceptors (Lipinski definition) is 3. The predicted molar refractivity (Wildman–Crippen MR) is 98.1 cm³/mol. The SMILES string of the molecule is CCC(CC)C(=O)NC1CCN(S(=O)(=O)c2ccc(Br)cc2)CC1. The van der Waals surface area contributed by atoms with Crippen LogP contribution in [0.15, 0.2) is 33.6 Å². The van der Waals surface area contributed by atoms with Crippen molar-refractivity contribution < 1.29 is 13.2 Å². The first-order valence-electron chi connectivity index (χ1n) is 8.44. The number of piperidine rings is 1. The zero-order valence-electron chi connectivity index (χ0n) is 14.2. The van der Waals surface area contributed by atoms with Gasteiger partial charge in [-0.2, -0.15) is 4.31 Å². The fourth-order valence-electron chi connectivity index (χ4n) is 2.97. The van der Waals surface area contributed by atoms with Crippen molar-refractivity contribution in [2.75, 3.05) is 13.1 Å². The van der Waals surface area contributed by atoms with E-state index in [0.29, 0.717) is 30.8 Å². The molecular formula is C17H25BrN2O3S. The highest BCUT2D eigenvalue weighted by molar-refractivity contribution is 9.10. The van der Waals surface area contributed by atoms with E-state index in [1.807, 2.05) is 13.8 Å². The minimum absolute atomic E-state index is 0.0505. The molecule has 0 bridgehead atoms. The van der Waals surface area contributed by atoms with Crippen LogP contribution in [-0.4, -0.2) is 37.8 Å². The quantitative estimate of drug-likeness (QED) is 0.774. The van der Waals surface area contributed by atoms with Crippen molar-refractivity contribution in [2.24, 2.45) is 5.92 Å². The molecule has 7 heteroatoms. The molecule has 1 aromatic rings. The lowest BCUT2D eigenvalue weighted by molar-refractivity contribution is -0.126. The molecule has 1 aliphatic rings. The number of nitrogens with zero attached hydrogens (tertiary/aromatic N) is 1. The third kappa shape index (κ3) is 4.58. The Hall–Kier alpha value is -0.920. The lowest BCUT2D eigenvalue weighted by Crippen LogP contribution is -2.47. The minimum Gasteiger partial charge on any atom is -0.353 e. The van der Waals surface area contributed by atoms with Crippen LogP contribution in [0.2, 0.25) is 0 Å². The van der Waals surface area contributed by atoms with Crippen LogP contribution in [0.4, 0.5) is 0 Å². The first kappa shape index (κ1) is 19.4. The van der Waals surface area contributed by atoms with E-state index in [1.54, 1.807) is 24.3 Å². The second-order valence-corrected chi connectivity index (χ2v) is 9.01. The van der Waals surface area contributed by atoms with Gasteiger partial charge in [0.05, 0.1) is 4.90 Å². The Morgan fingerprint density at radius 3 is 2.25 bits per heavy atom. The summed E-state index contributed by atoms with van der Waals surface area (Å²) in [6.07, 6.45) is 2.97. The zero-order chi connectivity index (χ0) is 17.7. The molecule has 1 amide bonds. The highest BCUT2D eigenvalue weighted by atomic mass is 79.9. The first-order chi connectivity index (χ1) is 11.4. The molecule has 1 aromatic carbocycles. The van der Waals surface area contributed by atoms with Crippen LogP contribution >= 0.6 is 15.9 Å². The monoisotopic (exact) mass is 416 g/mol. The average molecular weight is 417 g/mol. The van der Waals surface area contributed by atoms with Crippen LogP contribution in [0, 0.1) is 5.92 Å². The number of nitrogens with one attached hydrogen (secondary N) is 1. The number of sulfonamides is 1. The molecule has 24 heavy (non-hydrogen) atoms. The highest BCUT2D eigenvalue weighted by Gasteiger charge is 2.30. The van der Waals surface area contributed by atoms with Crippen molar-refractivity contribution in [1.29, 1.82) is 0 Å². The molecule has 0 unspecified atom stereocenters. The molecule has 1 fully saturated rings. The van der Waals surface area contributed by atoms with Crippen LogP contribution in [0.5, 0.6) is 0 Å². The topological polar surface area (TPSA) is 66.5 Å². The largest absolute Gasteiger partial charge is 0.353 e. The standard InChI is InChI=1S/C17H25BrN2O3S/c1-3-13(4-2)17(21)19-15-9-11-20(12-10-15)24(22,23)16-7-5-14(18)6-8-16/h5-8,13,15H,3-4,9-12H2,1-2H3,(H,19,21). The van der Waals surface area contributed by atoms with Gasteiger partial charge in [-0.3, -0.25) is 4.79 Å².